The Bertz CT molecular complexity index is 101. The summed E-state index contributed by atoms with van der Waals surface area (Å²) in [5.41, 5.74) is 0. The first-order chi connectivity index (χ1) is 5.24. The Morgan fingerprint density at radius 2 is 1.91 bits per heavy atom. The quantitative estimate of drug-likeness (QED) is 0.423. The normalized spacial score (nSPS) is 11.2. The van der Waals surface area contributed by atoms with Gasteiger partial charge >= 0.3 is 0 Å². The Morgan fingerprint density at radius 1 is 1.36 bits per heavy atom. The summed E-state index contributed by atoms with van der Waals surface area (Å²) in [6, 6.07) is 0. The number of ether oxygens (including phenoxy) is 3. The lowest BCUT2D eigenvalue weighted by Gasteiger charge is -2.27. The number of carbonyl (C=O) groups excluding carboxylic acids is 1. The maximum absolute atomic E-state index is 9.87. The van der Waals surface area contributed by atoms with Gasteiger partial charge < -0.3 is 14.2 Å². The molecule has 0 bridgehead atoms. The highest BCUT2D eigenvalue weighted by molar-refractivity contribution is 5.37. The third-order valence-electron chi connectivity index (χ3n) is 1.65. The SMILES string of the molecule is CCC(COC=O)(OC)OC. The number of carbonyl (C=O) groups is 1. The van der Waals surface area contributed by atoms with Crippen LogP contribution in [0.3, 0.4) is 0 Å². The monoisotopic (exact) mass is 162 g/mol. The molecule has 0 radical (unpaired) electrons. The molecule has 0 fully saturated rings. The minimum Gasteiger partial charge on any atom is -0.462 e. The summed E-state index contributed by atoms with van der Waals surface area (Å²) in [6.07, 6.45) is 0.633. The van der Waals surface area contributed by atoms with E-state index in [4.69, 9.17) is 9.47 Å². The van der Waals surface area contributed by atoms with Gasteiger partial charge in [0, 0.05) is 20.6 Å². The van der Waals surface area contributed by atoms with Gasteiger partial charge in [-0.15, -0.1) is 0 Å². The molecular weight excluding hydrogens is 148 g/mol. The molecule has 0 saturated heterocycles. The van der Waals surface area contributed by atoms with Crippen molar-refractivity contribution in [3.63, 3.8) is 0 Å². The zero-order chi connectivity index (χ0) is 8.74. The molecule has 0 unspecified atom stereocenters. The lowest BCUT2D eigenvalue weighted by atomic mass is 10.2. The fourth-order valence-corrected chi connectivity index (χ4v) is 0.753. The molecule has 0 saturated carbocycles. The summed E-state index contributed by atoms with van der Waals surface area (Å²) < 4.78 is 14.6. The summed E-state index contributed by atoms with van der Waals surface area (Å²) in [7, 11) is 3.03. The van der Waals surface area contributed by atoms with Gasteiger partial charge in [-0.1, -0.05) is 6.92 Å². The maximum Gasteiger partial charge on any atom is 0.293 e. The first-order valence-electron chi connectivity index (χ1n) is 3.40. The molecule has 0 aliphatic carbocycles. The second-order valence-corrected chi connectivity index (χ2v) is 2.08. The third-order valence-corrected chi connectivity index (χ3v) is 1.65. The Balaban J connectivity index is 3.93. The van der Waals surface area contributed by atoms with E-state index in [1.54, 1.807) is 0 Å². The molecule has 4 nitrogen and oxygen atoms in total. The highest BCUT2D eigenvalue weighted by atomic mass is 16.7. The van der Waals surface area contributed by atoms with Crippen LogP contribution in [0, 0.1) is 0 Å². The van der Waals surface area contributed by atoms with E-state index in [0.717, 1.165) is 0 Å². The molecule has 0 N–H and O–H groups in total. The molecule has 0 aromatic rings. The summed E-state index contributed by atoms with van der Waals surface area (Å²) in [6.45, 7) is 2.39. The van der Waals surface area contributed by atoms with E-state index in [9.17, 15) is 4.79 Å². The average molecular weight is 162 g/mol. The number of hydrogen-bond acceptors (Lipinski definition) is 4. The molecule has 66 valence electrons. The van der Waals surface area contributed by atoms with E-state index >= 15 is 0 Å². The number of hydrogen-bond donors (Lipinski definition) is 0. The van der Waals surface area contributed by atoms with Gasteiger partial charge in [-0.25, -0.2) is 0 Å². The fraction of sp³-hybridized carbons (Fsp3) is 0.857. The highest BCUT2D eigenvalue weighted by Crippen LogP contribution is 2.15. The smallest absolute Gasteiger partial charge is 0.293 e. The first-order valence-corrected chi connectivity index (χ1v) is 3.40. The van der Waals surface area contributed by atoms with Crippen LogP contribution < -0.4 is 0 Å². The van der Waals surface area contributed by atoms with Crippen molar-refractivity contribution in [3.05, 3.63) is 0 Å². The lowest BCUT2D eigenvalue weighted by molar-refractivity contribution is -0.231. The molecule has 0 aliphatic rings. The van der Waals surface area contributed by atoms with Gasteiger partial charge in [0.25, 0.3) is 6.47 Å². The van der Waals surface area contributed by atoms with Crippen LogP contribution in [0.5, 0.6) is 0 Å². The van der Waals surface area contributed by atoms with E-state index in [0.29, 0.717) is 12.9 Å². The minimum atomic E-state index is -0.777. The van der Waals surface area contributed by atoms with Crippen molar-refractivity contribution in [2.75, 3.05) is 20.8 Å². The molecular formula is C7H14O4. The van der Waals surface area contributed by atoms with E-state index < -0.39 is 5.79 Å². The summed E-state index contributed by atoms with van der Waals surface area (Å²) in [5, 5.41) is 0. The molecule has 0 spiro atoms. The van der Waals surface area contributed by atoms with Crippen molar-refractivity contribution in [3.8, 4) is 0 Å². The van der Waals surface area contributed by atoms with Crippen LogP contribution in [0.15, 0.2) is 0 Å². The van der Waals surface area contributed by atoms with E-state index in [1.165, 1.54) is 14.2 Å². The zero-order valence-electron chi connectivity index (χ0n) is 7.12. The predicted octanol–water partition coefficient (Wildman–Crippen LogP) is 0.558. The predicted molar refractivity (Wildman–Crippen MR) is 39.1 cm³/mol. The standard InChI is InChI=1S/C7H14O4/c1-4-7(9-2,10-3)5-11-6-8/h6H,4-5H2,1-3H3. The van der Waals surface area contributed by atoms with Crippen LogP contribution in [-0.2, 0) is 19.0 Å². The van der Waals surface area contributed by atoms with Crippen molar-refractivity contribution in [1.82, 2.24) is 0 Å². The molecule has 0 atom stereocenters. The van der Waals surface area contributed by atoms with Gasteiger partial charge in [-0.3, -0.25) is 4.79 Å². The van der Waals surface area contributed by atoms with Gasteiger partial charge in [-0.2, -0.15) is 0 Å². The van der Waals surface area contributed by atoms with Gasteiger partial charge in [0.2, 0.25) is 5.79 Å². The Morgan fingerprint density at radius 3 is 2.18 bits per heavy atom. The van der Waals surface area contributed by atoms with Crippen molar-refractivity contribution in [1.29, 1.82) is 0 Å². The van der Waals surface area contributed by atoms with Crippen molar-refractivity contribution >= 4 is 6.47 Å². The zero-order valence-corrected chi connectivity index (χ0v) is 7.12. The topological polar surface area (TPSA) is 44.8 Å². The molecule has 0 aromatic heterocycles. The Labute approximate surface area is 66.4 Å². The highest BCUT2D eigenvalue weighted by Gasteiger charge is 2.27. The Hall–Kier alpha value is -0.610. The van der Waals surface area contributed by atoms with E-state index in [-0.39, 0.29) is 6.61 Å². The molecule has 0 rings (SSSR count). The third kappa shape index (κ3) is 2.86. The van der Waals surface area contributed by atoms with Gasteiger partial charge in [0.05, 0.1) is 0 Å². The minimum absolute atomic E-state index is 0.125. The van der Waals surface area contributed by atoms with Gasteiger partial charge in [0.15, 0.2) is 0 Å². The molecule has 0 heterocycles. The van der Waals surface area contributed by atoms with Crippen LogP contribution in [0.1, 0.15) is 13.3 Å². The van der Waals surface area contributed by atoms with E-state index in [1.807, 2.05) is 6.92 Å². The second-order valence-electron chi connectivity index (χ2n) is 2.08. The first kappa shape index (κ1) is 10.4. The second kappa shape index (κ2) is 5.09. The lowest BCUT2D eigenvalue weighted by Crippen LogP contribution is -2.38. The largest absolute Gasteiger partial charge is 0.462 e. The van der Waals surface area contributed by atoms with Crippen molar-refractivity contribution in [2.24, 2.45) is 0 Å². The Kier molecular flexibility index (Phi) is 4.81. The molecule has 0 amide bonds. The van der Waals surface area contributed by atoms with Crippen LogP contribution in [0.25, 0.3) is 0 Å². The average Bonchev–Trinajstić information content (AvgIpc) is 2.08. The molecule has 11 heavy (non-hydrogen) atoms. The van der Waals surface area contributed by atoms with Crippen molar-refractivity contribution in [2.45, 2.75) is 19.1 Å². The van der Waals surface area contributed by atoms with Gasteiger partial charge in [-0.05, 0) is 0 Å². The van der Waals surface area contributed by atoms with Crippen LogP contribution in [0.2, 0.25) is 0 Å². The molecule has 0 aromatic carbocycles. The molecule has 0 aliphatic heterocycles. The summed E-state index contributed by atoms with van der Waals surface area (Å²) in [5.74, 6) is -0.777. The summed E-state index contributed by atoms with van der Waals surface area (Å²) >= 11 is 0. The van der Waals surface area contributed by atoms with Crippen LogP contribution in [0.4, 0.5) is 0 Å². The van der Waals surface area contributed by atoms with Gasteiger partial charge in [0.1, 0.15) is 6.61 Å². The van der Waals surface area contributed by atoms with Crippen molar-refractivity contribution < 1.29 is 19.0 Å². The number of rotatable bonds is 6. The number of methoxy groups -OCH3 is 2. The fourth-order valence-electron chi connectivity index (χ4n) is 0.753. The van der Waals surface area contributed by atoms with E-state index in [2.05, 4.69) is 4.74 Å². The maximum atomic E-state index is 9.87. The van der Waals surface area contributed by atoms with Crippen LogP contribution in [-0.4, -0.2) is 33.1 Å². The summed E-state index contributed by atoms with van der Waals surface area (Å²) in [4.78, 5) is 9.87. The van der Waals surface area contributed by atoms with Crippen LogP contribution >= 0.6 is 0 Å². The molecule has 4 heteroatoms.